The Morgan fingerprint density at radius 1 is 1.71 bits per heavy atom. The Morgan fingerprint density at radius 2 is 2.47 bits per heavy atom. The molecule has 5 nitrogen and oxygen atoms in total. The van der Waals surface area contributed by atoms with Gasteiger partial charge in [-0.05, 0) is 32.4 Å². The van der Waals surface area contributed by atoms with Crippen molar-refractivity contribution >= 4 is 5.91 Å². The van der Waals surface area contributed by atoms with E-state index >= 15 is 0 Å². The molecular weight excluding hydrogens is 216 g/mol. The van der Waals surface area contributed by atoms with Crippen LogP contribution < -0.4 is 5.32 Å². The van der Waals surface area contributed by atoms with E-state index in [1.165, 1.54) is 6.42 Å². The Hall–Kier alpha value is -1.36. The smallest absolute Gasteiger partial charge is 0.274 e. The number of likely N-dealkylation sites (N-methyl/N-ethyl adjacent to an activating group) is 1. The SMILES string of the molecule is Cc1cc(C(=O)N(C)CC2CCCN2)nn1C. The zero-order chi connectivity index (χ0) is 12.4. The molecule has 1 fully saturated rings. The molecule has 0 aliphatic carbocycles. The van der Waals surface area contributed by atoms with Gasteiger partial charge in [0.25, 0.3) is 5.91 Å². The van der Waals surface area contributed by atoms with Gasteiger partial charge in [0.15, 0.2) is 5.69 Å². The van der Waals surface area contributed by atoms with Gasteiger partial charge in [-0.2, -0.15) is 5.10 Å². The van der Waals surface area contributed by atoms with Crippen LogP contribution >= 0.6 is 0 Å². The largest absolute Gasteiger partial charge is 0.339 e. The van der Waals surface area contributed by atoms with Crippen molar-refractivity contribution in [3.63, 3.8) is 0 Å². The van der Waals surface area contributed by atoms with Crippen LogP contribution in [0.15, 0.2) is 6.07 Å². The van der Waals surface area contributed by atoms with Gasteiger partial charge in [0, 0.05) is 32.4 Å². The first-order valence-electron chi connectivity index (χ1n) is 6.07. The average molecular weight is 236 g/mol. The Labute approximate surface area is 102 Å². The average Bonchev–Trinajstić information content (AvgIpc) is 2.89. The van der Waals surface area contributed by atoms with Crippen molar-refractivity contribution in [3.05, 3.63) is 17.5 Å². The molecule has 0 spiro atoms. The maximum absolute atomic E-state index is 12.1. The van der Waals surface area contributed by atoms with Gasteiger partial charge in [-0.3, -0.25) is 9.48 Å². The van der Waals surface area contributed by atoms with Crippen LogP contribution in [-0.4, -0.2) is 46.8 Å². The first kappa shape index (κ1) is 12.1. The van der Waals surface area contributed by atoms with E-state index in [2.05, 4.69) is 10.4 Å². The molecule has 17 heavy (non-hydrogen) atoms. The predicted molar refractivity (Wildman–Crippen MR) is 65.9 cm³/mol. The van der Waals surface area contributed by atoms with Gasteiger partial charge in [0.1, 0.15) is 0 Å². The summed E-state index contributed by atoms with van der Waals surface area (Å²) in [4.78, 5) is 13.9. The van der Waals surface area contributed by atoms with Crippen molar-refractivity contribution in [1.82, 2.24) is 20.0 Å². The number of hydrogen-bond donors (Lipinski definition) is 1. The number of amides is 1. The molecule has 0 bridgehead atoms. The molecule has 1 aliphatic rings. The molecule has 0 radical (unpaired) electrons. The summed E-state index contributed by atoms with van der Waals surface area (Å²) in [6.07, 6.45) is 2.36. The molecule has 0 saturated carbocycles. The van der Waals surface area contributed by atoms with Gasteiger partial charge in [-0.15, -0.1) is 0 Å². The zero-order valence-corrected chi connectivity index (χ0v) is 10.7. The van der Waals surface area contributed by atoms with Crippen LogP contribution in [0.2, 0.25) is 0 Å². The third-order valence-corrected chi connectivity index (χ3v) is 3.34. The van der Waals surface area contributed by atoms with E-state index in [0.29, 0.717) is 11.7 Å². The fraction of sp³-hybridized carbons (Fsp3) is 0.667. The topological polar surface area (TPSA) is 50.2 Å². The monoisotopic (exact) mass is 236 g/mol. The molecule has 1 atom stereocenters. The van der Waals surface area contributed by atoms with Gasteiger partial charge in [0.2, 0.25) is 0 Å². The number of carbonyl (C=O) groups is 1. The summed E-state index contributed by atoms with van der Waals surface area (Å²) in [7, 11) is 3.69. The van der Waals surface area contributed by atoms with Crippen LogP contribution in [0.3, 0.4) is 0 Å². The summed E-state index contributed by atoms with van der Waals surface area (Å²) >= 11 is 0. The van der Waals surface area contributed by atoms with Gasteiger partial charge >= 0.3 is 0 Å². The molecule has 1 aromatic rings. The molecular formula is C12H20N4O. The summed E-state index contributed by atoms with van der Waals surface area (Å²) in [5.74, 6) is 0.00222. The molecule has 2 heterocycles. The van der Waals surface area contributed by atoms with Crippen molar-refractivity contribution in [3.8, 4) is 0 Å². The van der Waals surface area contributed by atoms with E-state index in [-0.39, 0.29) is 5.91 Å². The van der Waals surface area contributed by atoms with Crippen molar-refractivity contribution in [2.75, 3.05) is 20.1 Å². The lowest BCUT2D eigenvalue weighted by Crippen LogP contribution is -2.38. The minimum Gasteiger partial charge on any atom is -0.339 e. The maximum Gasteiger partial charge on any atom is 0.274 e. The summed E-state index contributed by atoms with van der Waals surface area (Å²) in [5, 5.41) is 7.60. The van der Waals surface area contributed by atoms with Crippen LogP contribution in [0.25, 0.3) is 0 Å². The zero-order valence-electron chi connectivity index (χ0n) is 10.7. The van der Waals surface area contributed by atoms with E-state index in [1.807, 2.05) is 27.1 Å². The lowest BCUT2D eigenvalue weighted by molar-refractivity contribution is 0.0777. The molecule has 94 valence electrons. The standard InChI is InChI=1S/C12H20N4O/c1-9-7-11(14-16(9)3)12(17)15(2)8-10-5-4-6-13-10/h7,10,13H,4-6,8H2,1-3H3. The summed E-state index contributed by atoms with van der Waals surface area (Å²) < 4.78 is 1.73. The van der Waals surface area contributed by atoms with Crippen LogP contribution in [0.1, 0.15) is 29.0 Å². The number of nitrogens with one attached hydrogen (secondary N) is 1. The second-order valence-electron chi connectivity index (χ2n) is 4.77. The van der Waals surface area contributed by atoms with Crippen molar-refractivity contribution in [2.24, 2.45) is 7.05 Å². The predicted octanol–water partition coefficient (Wildman–Crippen LogP) is 0.553. The highest BCUT2D eigenvalue weighted by Gasteiger charge is 2.21. The molecule has 1 saturated heterocycles. The Balaban J connectivity index is 1.98. The number of carbonyl (C=O) groups excluding carboxylic acids is 1. The Morgan fingerprint density at radius 3 is 3.00 bits per heavy atom. The molecule has 5 heteroatoms. The lowest BCUT2D eigenvalue weighted by atomic mass is 10.2. The second-order valence-corrected chi connectivity index (χ2v) is 4.77. The van der Waals surface area contributed by atoms with E-state index in [0.717, 1.165) is 25.2 Å². The molecule has 1 amide bonds. The van der Waals surface area contributed by atoms with Gasteiger partial charge in [0.05, 0.1) is 0 Å². The van der Waals surface area contributed by atoms with E-state index < -0.39 is 0 Å². The second kappa shape index (κ2) is 4.87. The minimum absolute atomic E-state index is 0.00222. The van der Waals surface area contributed by atoms with Crippen molar-refractivity contribution < 1.29 is 4.79 Å². The van der Waals surface area contributed by atoms with E-state index in [4.69, 9.17) is 0 Å². The quantitative estimate of drug-likeness (QED) is 0.834. The summed E-state index contributed by atoms with van der Waals surface area (Å²) in [6, 6.07) is 2.27. The van der Waals surface area contributed by atoms with Crippen LogP contribution in [0.4, 0.5) is 0 Å². The number of aryl methyl sites for hydroxylation is 2. The fourth-order valence-electron chi connectivity index (χ4n) is 2.19. The summed E-state index contributed by atoms with van der Waals surface area (Å²) in [5.41, 5.74) is 1.53. The van der Waals surface area contributed by atoms with Crippen LogP contribution in [0, 0.1) is 6.92 Å². The third kappa shape index (κ3) is 2.66. The highest BCUT2D eigenvalue weighted by atomic mass is 16.2. The van der Waals surface area contributed by atoms with Gasteiger partial charge in [-0.1, -0.05) is 0 Å². The number of rotatable bonds is 3. The number of hydrogen-bond acceptors (Lipinski definition) is 3. The first-order valence-corrected chi connectivity index (χ1v) is 6.07. The first-order chi connectivity index (χ1) is 8.08. The van der Waals surface area contributed by atoms with Crippen molar-refractivity contribution in [1.29, 1.82) is 0 Å². The molecule has 1 aliphatic heterocycles. The molecule has 1 unspecified atom stereocenters. The van der Waals surface area contributed by atoms with Gasteiger partial charge in [-0.25, -0.2) is 0 Å². The molecule has 0 aromatic carbocycles. The van der Waals surface area contributed by atoms with E-state index in [1.54, 1.807) is 9.58 Å². The highest BCUT2D eigenvalue weighted by molar-refractivity contribution is 5.92. The van der Waals surface area contributed by atoms with Crippen molar-refractivity contribution in [2.45, 2.75) is 25.8 Å². The molecule has 1 aromatic heterocycles. The fourth-order valence-corrected chi connectivity index (χ4v) is 2.19. The Bertz CT molecular complexity index is 387. The van der Waals surface area contributed by atoms with Gasteiger partial charge < -0.3 is 10.2 Å². The van der Waals surface area contributed by atoms with Crippen LogP contribution in [0.5, 0.6) is 0 Å². The number of nitrogens with zero attached hydrogens (tertiary/aromatic N) is 3. The molecule has 1 N–H and O–H groups in total. The Kier molecular flexibility index (Phi) is 3.47. The highest BCUT2D eigenvalue weighted by Crippen LogP contribution is 2.09. The van der Waals surface area contributed by atoms with E-state index in [9.17, 15) is 4.79 Å². The lowest BCUT2D eigenvalue weighted by Gasteiger charge is -2.20. The maximum atomic E-state index is 12.1. The number of aromatic nitrogens is 2. The minimum atomic E-state index is 0.00222. The summed E-state index contributed by atoms with van der Waals surface area (Å²) in [6.45, 7) is 3.77. The normalized spacial score (nSPS) is 19.6. The molecule has 2 rings (SSSR count). The van der Waals surface area contributed by atoms with Crippen LogP contribution in [-0.2, 0) is 7.05 Å². The third-order valence-electron chi connectivity index (χ3n) is 3.34.